The predicted octanol–water partition coefficient (Wildman–Crippen LogP) is 1.45. The van der Waals surface area contributed by atoms with Gasteiger partial charge in [0, 0.05) is 60.6 Å². The summed E-state index contributed by atoms with van der Waals surface area (Å²) in [7, 11) is 0.933. The van der Waals surface area contributed by atoms with E-state index in [2.05, 4.69) is 34.4 Å². The van der Waals surface area contributed by atoms with Gasteiger partial charge in [0.05, 0.1) is 13.2 Å². The minimum absolute atomic E-state index is 0.169. The quantitative estimate of drug-likeness (QED) is 0.497. The number of nitrogens with one attached hydrogen (secondary N) is 2. The molecule has 0 aromatic carbocycles. The second-order valence-corrected chi connectivity index (χ2v) is 10.3. The Hall–Kier alpha value is -0.660. The molecule has 2 N–H and O–H groups in total. The maximum atomic E-state index is 12.1. The molecular weight excluding hydrogens is 336 g/mol. The molecule has 0 aromatic rings. The Morgan fingerprint density at radius 3 is 2.40 bits per heavy atom. The topological polar surface area (TPSA) is 66.0 Å². The Balaban J connectivity index is 2.45. The van der Waals surface area contributed by atoms with Gasteiger partial charge >= 0.3 is 0 Å². The van der Waals surface area contributed by atoms with Crippen LogP contribution in [-0.2, 0) is 15.5 Å². The van der Waals surface area contributed by atoms with Gasteiger partial charge in [0.1, 0.15) is 0 Å². The molecule has 7 heteroatoms. The largest absolute Gasteiger partial charge is 0.379 e. The highest BCUT2D eigenvalue weighted by molar-refractivity contribution is 7.86. The highest BCUT2D eigenvalue weighted by Crippen LogP contribution is 2.13. The monoisotopic (exact) mass is 374 g/mol. The first-order valence-electron chi connectivity index (χ1n) is 9.38. The SMILES string of the molecule is CN=C(NCCS(=O)C(C)(C)C)NCC(CC(C)C)N1CCOCC1. The van der Waals surface area contributed by atoms with Gasteiger partial charge in [-0.05, 0) is 33.1 Å². The summed E-state index contributed by atoms with van der Waals surface area (Å²) in [6, 6.07) is 0.478. The number of morpholine rings is 1. The van der Waals surface area contributed by atoms with Crippen molar-refractivity contribution in [3.63, 3.8) is 0 Å². The van der Waals surface area contributed by atoms with E-state index in [9.17, 15) is 4.21 Å². The number of guanidine groups is 1. The third-order valence-corrected chi connectivity index (χ3v) is 6.24. The zero-order chi connectivity index (χ0) is 18.9. The standard InChI is InChI=1S/C18H38N4O2S/c1-15(2)13-16(22-8-10-24-11-9-22)14-21-17(19-6)20-7-12-25(23)18(3,4)5/h15-16H,7-14H2,1-6H3,(H2,19,20,21). The lowest BCUT2D eigenvalue weighted by atomic mass is 10.0. The number of nitrogens with zero attached hydrogens (tertiary/aromatic N) is 2. The van der Waals surface area contributed by atoms with Crippen molar-refractivity contribution >= 4 is 16.8 Å². The number of ether oxygens (including phenoxy) is 1. The molecule has 0 aliphatic carbocycles. The van der Waals surface area contributed by atoms with Gasteiger partial charge in [-0.25, -0.2) is 0 Å². The third kappa shape index (κ3) is 9.01. The van der Waals surface area contributed by atoms with E-state index in [0.29, 0.717) is 24.3 Å². The van der Waals surface area contributed by atoms with E-state index in [0.717, 1.165) is 45.2 Å². The first kappa shape index (κ1) is 22.4. The van der Waals surface area contributed by atoms with Crippen molar-refractivity contribution in [2.75, 3.05) is 52.2 Å². The van der Waals surface area contributed by atoms with Crippen molar-refractivity contribution in [1.82, 2.24) is 15.5 Å². The molecule has 6 nitrogen and oxygen atoms in total. The van der Waals surface area contributed by atoms with Gasteiger partial charge in [-0.15, -0.1) is 0 Å². The molecule has 2 atom stereocenters. The van der Waals surface area contributed by atoms with Gasteiger partial charge in [-0.2, -0.15) is 0 Å². The van der Waals surface area contributed by atoms with Crippen molar-refractivity contribution < 1.29 is 8.95 Å². The van der Waals surface area contributed by atoms with Gasteiger partial charge in [0.15, 0.2) is 5.96 Å². The summed E-state index contributed by atoms with van der Waals surface area (Å²) >= 11 is 0. The summed E-state index contributed by atoms with van der Waals surface area (Å²) in [5, 5.41) is 6.73. The fourth-order valence-electron chi connectivity index (χ4n) is 2.85. The summed E-state index contributed by atoms with van der Waals surface area (Å²) in [6.07, 6.45) is 1.15. The molecule has 1 aliphatic heterocycles. The van der Waals surface area contributed by atoms with Crippen molar-refractivity contribution in [1.29, 1.82) is 0 Å². The van der Waals surface area contributed by atoms with Crippen LogP contribution in [0.5, 0.6) is 0 Å². The van der Waals surface area contributed by atoms with E-state index in [1.807, 2.05) is 20.8 Å². The second-order valence-electron chi connectivity index (χ2n) is 7.97. The molecule has 0 aromatic heterocycles. The van der Waals surface area contributed by atoms with Crippen LogP contribution in [0.3, 0.4) is 0 Å². The lowest BCUT2D eigenvalue weighted by Crippen LogP contribution is -2.51. The van der Waals surface area contributed by atoms with Crippen LogP contribution < -0.4 is 10.6 Å². The Labute approximate surface area is 156 Å². The normalized spacial score (nSPS) is 19.7. The summed E-state index contributed by atoms with van der Waals surface area (Å²) in [6.45, 7) is 15.7. The van der Waals surface area contributed by atoms with Gasteiger partial charge in [0.25, 0.3) is 0 Å². The lowest BCUT2D eigenvalue weighted by Gasteiger charge is -2.35. The molecule has 1 aliphatic rings. The van der Waals surface area contributed by atoms with Crippen LogP contribution in [0.2, 0.25) is 0 Å². The molecule has 1 rings (SSSR count). The molecule has 148 valence electrons. The molecule has 1 saturated heterocycles. The smallest absolute Gasteiger partial charge is 0.191 e. The van der Waals surface area contributed by atoms with Crippen molar-refractivity contribution in [2.45, 2.75) is 51.8 Å². The molecule has 0 saturated carbocycles. The fourth-order valence-corrected chi connectivity index (χ4v) is 3.75. The summed E-state index contributed by atoms with van der Waals surface area (Å²) in [5.74, 6) is 2.06. The van der Waals surface area contributed by atoms with E-state index in [1.54, 1.807) is 7.05 Å². The van der Waals surface area contributed by atoms with Gasteiger partial charge in [-0.3, -0.25) is 14.1 Å². The first-order valence-corrected chi connectivity index (χ1v) is 10.7. The van der Waals surface area contributed by atoms with Gasteiger partial charge in [0.2, 0.25) is 0 Å². The number of hydrogen-bond acceptors (Lipinski definition) is 4. The van der Waals surface area contributed by atoms with Crippen molar-refractivity contribution in [3.05, 3.63) is 0 Å². The van der Waals surface area contributed by atoms with E-state index in [-0.39, 0.29) is 4.75 Å². The Morgan fingerprint density at radius 2 is 1.88 bits per heavy atom. The van der Waals surface area contributed by atoms with E-state index >= 15 is 0 Å². The van der Waals surface area contributed by atoms with E-state index in [4.69, 9.17) is 4.74 Å². The summed E-state index contributed by atoms with van der Waals surface area (Å²) in [5.41, 5.74) is 0. The minimum atomic E-state index is -0.847. The molecule has 25 heavy (non-hydrogen) atoms. The highest BCUT2D eigenvalue weighted by atomic mass is 32.2. The number of aliphatic imine (C=N–C) groups is 1. The van der Waals surface area contributed by atoms with Crippen LogP contribution in [0, 0.1) is 5.92 Å². The van der Waals surface area contributed by atoms with Crippen LogP contribution in [0.4, 0.5) is 0 Å². The molecule has 0 bridgehead atoms. The molecule has 1 heterocycles. The van der Waals surface area contributed by atoms with E-state index < -0.39 is 10.8 Å². The zero-order valence-corrected chi connectivity index (χ0v) is 17.7. The van der Waals surface area contributed by atoms with Crippen LogP contribution in [0.15, 0.2) is 4.99 Å². The minimum Gasteiger partial charge on any atom is -0.379 e. The van der Waals surface area contributed by atoms with Crippen LogP contribution >= 0.6 is 0 Å². The maximum absolute atomic E-state index is 12.1. The summed E-state index contributed by atoms with van der Waals surface area (Å²) in [4.78, 5) is 6.81. The number of hydrogen-bond donors (Lipinski definition) is 2. The van der Waals surface area contributed by atoms with Crippen LogP contribution in [0.1, 0.15) is 41.0 Å². The number of rotatable bonds is 8. The Kier molecular flexibility index (Phi) is 9.97. The fraction of sp³-hybridized carbons (Fsp3) is 0.944. The lowest BCUT2D eigenvalue weighted by molar-refractivity contribution is 0.0132. The summed E-state index contributed by atoms with van der Waals surface area (Å²) < 4.78 is 17.4. The zero-order valence-electron chi connectivity index (χ0n) is 16.9. The molecule has 1 fully saturated rings. The van der Waals surface area contributed by atoms with E-state index in [1.165, 1.54) is 0 Å². The van der Waals surface area contributed by atoms with Gasteiger partial charge < -0.3 is 15.4 Å². The second kappa shape index (κ2) is 11.1. The highest BCUT2D eigenvalue weighted by Gasteiger charge is 2.22. The van der Waals surface area contributed by atoms with Crippen molar-refractivity contribution in [2.24, 2.45) is 10.9 Å². The maximum Gasteiger partial charge on any atom is 0.191 e. The third-order valence-electron chi connectivity index (χ3n) is 4.30. The van der Waals surface area contributed by atoms with Crippen LogP contribution in [-0.4, -0.2) is 78.1 Å². The molecular formula is C18H38N4O2S. The van der Waals surface area contributed by atoms with Gasteiger partial charge in [-0.1, -0.05) is 13.8 Å². The van der Waals surface area contributed by atoms with Crippen molar-refractivity contribution in [3.8, 4) is 0 Å². The average Bonchev–Trinajstić information content (AvgIpc) is 2.56. The molecule has 0 radical (unpaired) electrons. The van der Waals surface area contributed by atoms with Crippen LogP contribution in [0.25, 0.3) is 0 Å². The predicted molar refractivity (Wildman–Crippen MR) is 108 cm³/mol. The first-order chi connectivity index (χ1) is 11.7. The molecule has 0 spiro atoms. The average molecular weight is 375 g/mol. The Bertz CT molecular complexity index is 429. The Morgan fingerprint density at radius 1 is 1.24 bits per heavy atom. The molecule has 0 amide bonds. The molecule has 2 unspecified atom stereocenters.